The van der Waals surface area contributed by atoms with Gasteiger partial charge >= 0.3 is 0 Å². The van der Waals surface area contributed by atoms with Crippen molar-refractivity contribution in [1.29, 1.82) is 0 Å². The Hall–Kier alpha value is -0.300. The summed E-state index contributed by atoms with van der Waals surface area (Å²) in [4.78, 5) is 0. The van der Waals surface area contributed by atoms with Crippen molar-refractivity contribution in [3.63, 3.8) is 0 Å². The van der Waals surface area contributed by atoms with Crippen LogP contribution >= 0.6 is 0 Å². The van der Waals surface area contributed by atoms with Gasteiger partial charge in [-0.05, 0) is 114 Å². The zero-order chi connectivity index (χ0) is 23.3. The van der Waals surface area contributed by atoms with Gasteiger partial charge in [0.05, 0.1) is 6.10 Å². The topological polar surface area (TPSA) is 9.23 Å². The van der Waals surface area contributed by atoms with Crippen LogP contribution in [0, 0.1) is 56.7 Å². The summed E-state index contributed by atoms with van der Waals surface area (Å²) in [5, 5.41) is 0. The van der Waals surface area contributed by atoms with E-state index < -0.39 is 0 Å². The molecule has 0 aromatic carbocycles. The van der Waals surface area contributed by atoms with Crippen molar-refractivity contribution in [3.05, 3.63) is 11.6 Å². The van der Waals surface area contributed by atoms with Crippen molar-refractivity contribution >= 4 is 0 Å². The normalized spacial score (nSPS) is 54.3. The first-order valence-corrected chi connectivity index (χ1v) is 14.1. The summed E-state index contributed by atoms with van der Waals surface area (Å²) in [5.41, 5.74) is 4.05. The second kappa shape index (κ2) is 7.11. The summed E-state index contributed by atoms with van der Waals surface area (Å²) in [5.74, 6) is 4.23. The Morgan fingerprint density at radius 1 is 0.812 bits per heavy atom. The molecule has 0 N–H and O–H groups in total. The second-order valence-electron chi connectivity index (χ2n) is 14.9. The minimum Gasteiger partial charge on any atom is -0.381 e. The number of hydrogen-bond acceptors (Lipinski definition) is 1. The highest BCUT2D eigenvalue weighted by molar-refractivity contribution is 5.33. The predicted octanol–water partition coefficient (Wildman–Crippen LogP) is 8.68. The fourth-order valence-corrected chi connectivity index (χ4v) is 11.7. The van der Waals surface area contributed by atoms with Crippen molar-refractivity contribution in [1.82, 2.24) is 0 Å². The first kappa shape index (κ1) is 23.4. The Kier molecular flexibility index (Phi) is 5.21. The van der Waals surface area contributed by atoms with Gasteiger partial charge < -0.3 is 4.74 Å². The number of ether oxygens (including phenoxy) is 1. The van der Waals surface area contributed by atoms with E-state index in [2.05, 4.69) is 61.5 Å². The molecule has 9 atom stereocenters. The van der Waals surface area contributed by atoms with E-state index in [1.807, 2.05) is 12.7 Å². The molecule has 0 saturated heterocycles. The van der Waals surface area contributed by atoms with Crippen LogP contribution in [-0.2, 0) is 4.74 Å². The number of fused-ring (bicyclic) bond motifs is 7. The third-order valence-corrected chi connectivity index (χ3v) is 13.5. The predicted molar refractivity (Wildman–Crippen MR) is 135 cm³/mol. The molecule has 0 spiro atoms. The van der Waals surface area contributed by atoms with Gasteiger partial charge in [0.2, 0.25) is 0 Å². The second-order valence-corrected chi connectivity index (χ2v) is 14.9. The molecule has 0 unspecified atom stereocenters. The fraction of sp³-hybridized carbons (Fsp3) is 0.935. The minimum absolute atomic E-state index is 0.274. The molecule has 5 rings (SSSR count). The molecule has 1 nitrogen and oxygen atoms in total. The van der Waals surface area contributed by atoms with Gasteiger partial charge in [0.15, 0.2) is 0 Å². The van der Waals surface area contributed by atoms with Crippen LogP contribution in [0.2, 0.25) is 0 Å². The molecule has 0 aromatic rings. The van der Waals surface area contributed by atoms with Gasteiger partial charge in [-0.1, -0.05) is 67.0 Å². The maximum Gasteiger partial charge on any atom is 0.0625 e. The minimum atomic E-state index is 0.274. The molecule has 182 valence electrons. The molecule has 4 fully saturated rings. The van der Waals surface area contributed by atoms with Crippen LogP contribution < -0.4 is 0 Å². The van der Waals surface area contributed by atoms with Gasteiger partial charge in [0, 0.05) is 7.11 Å². The molecule has 0 aliphatic heterocycles. The third kappa shape index (κ3) is 2.67. The van der Waals surface area contributed by atoms with E-state index in [4.69, 9.17) is 4.74 Å². The fourth-order valence-electron chi connectivity index (χ4n) is 11.7. The molecule has 0 amide bonds. The number of allylic oxidation sites excluding steroid dienone is 2. The standard InChI is InChI=1S/C31H52O/c1-20(2)21-10-13-25-29(21,6)18-19-30(7)23-11-12-24-27(3,4)26(32-9)15-16-28(24,5)22(23)14-17-31(25,30)8/h14,20-21,23-26H,10-13,15-19H2,1-9H3/t21-,23-,24-,25-,26-,28+,29+,30-,31-/m0/s1. The Labute approximate surface area is 199 Å². The van der Waals surface area contributed by atoms with Gasteiger partial charge in [0.1, 0.15) is 0 Å². The summed E-state index contributed by atoms with van der Waals surface area (Å²) in [6.45, 7) is 20.9. The number of rotatable bonds is 2. The molecular formula is C31H52O. The monoisotopic (exact) mass is 440 g/mol. The third-order valence-electron chi connectivity index (χ3n) is 13.5. The highest BCUT2D eigenvalue weighted by atomic mass is 16.5. The highest BCUT2D eigenvalue weighted by Gasteiger charge is 2.68. The van der Waals surface area contributed by atoms with Crippen molar-refractivity contribution < 1.29 is 4.74 Å². The number of hydrogen-bond donors (Lipinski definition) is 0. The van der Waals surface area contributed by atoms with Crippen LogP contribution in [0.4, 0.5) is 0 Å². The van der Waals surface area contributed by atoms with Crippen LogP contribution in [-0.4, -0.2) is 13.2 Å². The van der Waals surface area contributed by atoms with Gasteiger partial charge in [0.25, 0.3) is 0 Å². The van der Waals surface area contributed by atoms with Gasteiger partial charge in [-0.2, -0.15) is 0 Å². The maximum absolute atomic E-state index is 6.03. The molecular weight excluding hydrogens is 388 g/mol. The average molecular weight is 441 g/mol. The molecule has 5 aliphatic carbocycles. The zero-order valence-corrected chi connectivity index (χ0v) is 22.8. The Bertz CT molecular complexity index is 792. The quantitative estimate of drug-likeness (QED) is 0.390. The van der Waals surface area contributed by atoms with E-state index >= 15 is 0 Å². The lowest BCUT2D eigenvalue weighted by atomic mass is 9.35. The summed E-state index contributed by atoms with van der Waals surface area (Å²) in [6, 6.07) is 0. The summed E-state index contributed by atoms with van der Waals surface area (Å²) in [7, 11) is 1.94. The lowest BCUT2D eigenvalue weighted by Gasteiger charge is -2.69. The summed E-state index contributed by atoms with van der Waals surface area (Å²) in [6.07, 6.45) is 15.8. The SMILES string of the molecule is CO[C@H]1CC[C@]2(C)C3=CC[C@@]4(C)[C@H]5CC[C@@H](C(C)C)[C@@]5(C)CC[C@@]4(C)[C@H]3CC[C@H]2C1(C)C. The van der Waals surface area contributed by atoms with Crippen molar-refractivity contribution in [2.24, 2.45) is 56.7 Å². The molecule has 0 heterocycles. The molecule has 0 aromatic heterocycles. The van der Waals surface area contributed by atoms with Crippen molar-refractivity contribution in [3.8, 4) is 0 Å². The average Bonchev–Trinajstić information content (AvgIpc) is 3.08. The molecule has 4 saturated carbocycles. The van der Waals surface area contributed by atoms with Crippen LogP contribution in [0.1, 0.15) is 113 Å². The smallest absolute Gasteiger partial charge is 0.0625 e. The van der Waals surface area contributed by atoms with Gasteiger partial charge in [-0.25, -0.2) is 0 Å². The van der Waals surface area contributed by atoms with E-state index in [1.54, 1.807) is 0 Å². The van der Waals surface area contributed by atoms with Crippen LogP contribution in [0.5, 0.6) is 0 Å². The first-order chi connectivity index (χ1) is 14.9. The van der Waals surface area contributed by atoms with E-state index in [0.717, 1.165) is 29.6 Å². The Balaban J connectivity index is 1.54. The first-order valence-electron chi connectivity index (χ1n) is 14.1. The van der Waals surface area contributed by atoms with E-state index in [0.29, 0.717) is 27.8 Å². The molecule has 0 radical (unpaired) electrons. The lowest BCUT2D eigenvalue weighted by molar-refractivity contribution is -0.168. The van der Waals surface area contributed by atoms with E-state index in [1.165, 1.54) is 57.8 Å². The van der Waals surface area contributed by atoms with Gasteiger partial charge in [-0.3, -0.25) is 0 Å². The largest absolute Gasteiger partial charge is 0.381 e. The van der Waals surface area contributed by atoms with E-state index in [9.17, 15) is 0 Å². The van der Waals surface area contributed by atoms with Crippen LogP contribution in [0.25, 0.3) is 0 Å². The van der Waals surface area contributed by atoms with Crippen molar-refractivity contribution in [2.75, 3.05) is 7.11 Å². The Morgan fingerprint density at radius 2 is 1.50 bits per heavy atom. The summed E-state index contributed by atoms with van der Waals surface area (Å²) >= 11 is 0. The maximum atomic E-state index is 6.03. The number of methoxy groups -OCH3 is 1. The lowest BCUT2D eigenvalue weighted by Crippen LogP contribution is -2.62. The molecule has 32 heavy (non-hydrogen) atoms. The summed E-state index contributed by atoms with van der Waals surface area (Å²) < 4.78 is 6.03. The molecule has 5 aliphatic rings. The zero-order valence-electron chi connectivity index (χ0n) is 22.8. The molecule has 1 heteroatoms. The Morgan fingerprint density at radius 3 is 2.16 bits per heavy atom. The molecule has 0 bridgehead atoms. The van der Waals surface area contributed by atoms with Crippen LogP contribution in [0.15, 0.2) is 11.6 Å². The van der Waals surface area contributed by atoms with Crippen molar-refractivity contribution in [2.45, 2.75) is 119 Å². The highest BCUT2D eigenvalue weighted by Crippen LogP contribution is 2.76. The van der Waals surface area contributed by atoms with Crippen LogP contribution in [0.3, 0.4) is 0 Å². The van der Waals surface area contributed by atoms with E-state index in [-0.39, 0.29) is 5.41 Å². The van der Waals surface area contributed by atoms with Gasteiger partial charge in [-0.15, -0.1) is 0 Å².